The maximum absolute atomic E-state index is 13.0. The van der Waals surface area contributed by atoms with Gasteiger partial charge in [0.05, 0.1) is 24.1 Å². The fourth-order valence-corrected chi connectivity index (χ4v) is 5.07. The summed E-state index contributed by atoms with van der Waals surface area (Å²) >= 11 is 1.44. The molecule has 8 nitrogen and oxygen atoms in total. The van der Waals surface area contributed by atoms with Crippen molar-refractivity contribution in [2.75, 3.05) is 12.4 Å². The molecule has 3 N–H and O–H groups in total. The number of aromatic nitrogens is 3. The minimum atomic E-state index is -0.513. The molecule has 1 aromatic carbocycles. The van der Waals surface area contributed by atoms with Crippen LogP contribution < -0.4 is 15.8 Å². The molecule has 0 aliphatic heterocycles. The van der Waals surface area contributed by atoms with E-state index < -0.39 is 11.8 Å². The summed E-state index contributed by atoms with van der Waals surface area (Å²) in [6.07, 6.45) is 4.94. The summed E-state index contributed by atoms with van der Waals surface area (Å²) < 4.78 is 6.83. The standard InChI is InChI=1S/C21H23N5O3S/c1-12-18(24-25-26(12)13-7-6-8-14(11-13)29-2)20(28)23-21-17(19(22)27)15-9-4-3-5-10-16(15)30-21/h6-8,11H,3-5,9-10H2,1-2H3,(H2,22,27)(H,23,28). The lowest BCUT2D eigenvalue weighted by molar-refractivity contribution is 0.100. The largest absolute Gasteiger partial charge is 0.497 e. The van der Waals surface area contributed by atoms with Gasteiger partial charge in [0, 0.05) is 10.9 Å². The van der Waals surface area contributed by atoms with Gasteiger partial charge in [-0.2, -0.15) is 0 Å². The first-order valence-corrected chi connectivity index (χ1v) is 10.6. The van der Waals surface area contributed by atoms with Crippen LogP contribution in [-0.4, -0.2) is 33.9 Å². The molecule has 0 fully saturated rings. The molecule has 0 bridgehead atoms. The number of nitrogens with one attached hydrogen (secondary N) is 1. The second-order valence-electron chi connectivity index (χ2n) is 7.22. The predicted molar refractivity (Wildman–Crippen MR) is 115 cm³/mol. The number of methoxy groups -OCH3 is 1. The smallest absolute Gasteiger partial charge is 0.278 e. The second-order valence-corrected chi connectivity index (χ2v) is 8.33. The molecule has 2 amide bonds. The third-order valence-electron chi connectivity index (χ3n) is 5.30. The van der Waals surface area contributed by atoms with Crippen molar-refractivity contribution in [2.24, 2.45) is 5.73 Å². The monoisotopic (exact) mass is 425 g/mol. The molecule has 30 heavy (non-hydrogen) atoms. The number of thiophene rings is 1. The van der Waals surface area contributed by atoms with E-state index in [1.165, 1.54) is 11.3 Å². The molecule has 1 aliphatic carbocycles. The van der Waals surface area contributed by atoms with Crippen LogP contribution in [0, 0.1) is 6.92 Å². The molecule has 156 valence electrons. The molecule has 3 aromatic rings. The average Bonchev–Trinajstić information content (AvgIpc) is 3.20. The number of ether oxygens (including phenoxy) is 1. The normalized spacial score (nSPS) is 13.4. The van der Waals surface area contributed by atoms with E-state index in [2.05, 4.69) is 15.6 Å². The summed E-state index contributed by atoms with van der Waals surface area (Å²) in [6.45, 7) is 1.77. The van der Waals surface area contributed by atoms with E-state index in [4.69, 9.17) is 10.5 Å². The minimum absolute atomic E-state index is 0.192. The van der Waals surface area contributed by atoms with Crippen molar-refractivity contribution in [1.29, 1.82) is 0 Å². The van der Waals surface area contributed by atoms with Crippen molar-refractivity contribution in [1.82, 2.24) is 15.0 Å². The van der Waals surface area contributed by atoms with E-state index in [1.54, 1.807) is 18.7 Å². The number of nitrogens with zero attached hydrogens (tertiary/aromatic N) is 3. The van der Waals surface area contributed by atoms with E-state index in [1.807, 2.05) is 24.3 Å². The Morgan fingerprint density at radius 3 is 2.80 bits per heavy atom. The lowest BCUT2D eigenvalue weighted by atomic mass is 10.1. The molecular formula is C21H23N5O3S. The lowest BCUT2D eigenvalue weighted by Gasteiger charge is -2.07. The van der Waals surface area contributed by atoms with Gasteiger partial charge in [-0.25, -0.2) is 4.68 Å². The number of aryl methyl sites for hydroxylation is 1. The topological polar surface area (TPSA) is 112 Å². The summed E-state index contributed by atoms with van der Waals surface area (Å²) in [5.41, 5.74) is 8.58. The van der Waals surface area contributed by atoms with Gasteiger partial charge in [0.15, 0.2) is 5.69 Å². The third kappa shape index (κ3) is 3.68. The number of carbonyl (C=O) groups is 2. The number of benzene rings is 1. The van der Waals surface area contributed by atoms with Gasteiger partial charge in [-0.1, -0.05) is 17.7 Å². The average molecular weight is 426 g/mol. The van der Waals surface area contributed by atoms with Gasteiger partial charge in [-0.15, -0.1) is 16.4 Å². The van der Waals surface area contributed by atoms with Crippen molar-refractivity contribution < 1.29 is 14.3 Å². The van der Waals surface area contributed by atoms with Crippen LogP contribution in [0.4, 0.5) is 5.00 Å². The molecular weight excluding hydrogens is 402 g/mol. The van der Waals surface area contributed by atoms with Gasteiger partial charge in [0.1, 0.15) is 10.8 Å². The maximum Gasteiger partial charge on any atom is 0.278 e. The number of amides is 2. The molecule has 0 saturated carbocycles. The molecule has 9 heteroatoms. The number of nitrogens with two attached hydrogens (primary N) is 1. The van der Waals surface area contributed by atoms with Crippen LogP contribution in [-0.2, 0) is 12.8 Å². The third-order valence-corrected chi connectivity index (χ3v) is 6.51. The lowest BCUT2D eigenvalue weighted by Crippen LogP contribution is -2.19. The SMILES string of the molecule is COc1cccc(-n2nnc(C(=O)Nc3sc4c(c3C(N)=O)CCCCC4)c2C)c1. The van der Waals surface area contributed by atoms with Crippen molar-refractivity contribution in [3.05, 3.63) is 51.7 Å². The summed E-state index contributed by atoms with van der Waals surface area (Å²) in [5, 5.41) is 11.5. The molecule has 0 unspecified atom stereocenters. The van der Waals surface area contributed by atoms with Crippen molar-refractivity contribution >= 4 is 28.2 Å². The molecule has 4 rings (SSSR count). The Morgan fingerprint density at radius 1 is 1.23 bits per heavy atom. The summed E-state index contributed by atoms with van der Waals surface area (Å²) in [7, 11) is 1.59. The number of anilines is 1. The predicted octanol–water partition coefficient (Wildman–Crippen LogP) is 3.27. The fourth-order valence-electron chi connectivity index (χ4n) is 3.78. The number of primary amides is 1. The Labute approximate surface area is 178 Å². The number of carbonyl (C=O) groups excluding carboxylic acids is 2. The molecule has 1 aliphatic rings. The Morgan fingerprint density at radius 2 is 2.03 bits per heavy atom. The Kier molecular flexibility index (Phi) is 5.54. The van der Waals surface area contributed by atoms with Gasteiger partial charge in [0.25, 0.3) is 11.8 Å². The zero-order valence-electron chi connectivity index (χ0n) is 16.9. The molecule has 2 aromatic heterocycles. The van der Waals surface area contributed by atoms with Crippen LogP contribution >= 0.6 is 11.3 Å². The van der Waals surface area contributed by atoms with Gasteiger partial charge in [0.2, 0.25) is 0 Å². The van der Waals surface area contributed by atoms with Crippen LogP contribution in [0.25, 0.3) is 5.69 Å². The van der Waals surface area contributed by atoms with Crippen molar-refractivity contribution in [2.45, 2.75) is 39.0 Å². The van der Waals surface area contributed by atoms with Crippen LogP contribution in [0.1, 0.15) is 56.2 Å². The van der Waals surface area contributed by atoms with Gasteiger partial charge in [-0.3, -0.25) is 9.59 Å². The van der Waals surface area contributed by atoms with Gasteiger partial charge < -0.3 is 15.8 Å². The molecule has 2 heterocycles. The van der Waals surface area contributed by atoms with Crippen molar-refractivity contribution in [3.63, 3.8) is 0 Å². The van der Waals surface area contributed by atoms with Crippen LogP contribution in [0.15, 0.2) is 24.3 Å². The fraction of sp³-hybridized carbons (Fsp3) is 0.333. The Hall–Kier alpha value is -3.20. The first kappa shape index (κ1) is 20.1. The van der Waals surface area contributed by atoms with Crippen LogP contribution in [0.3, 0.4) is 0 Å². The minimum Gasteiger partial charge on any atom is -0.497 e. The summed E-state index contributed by atoms with van der Waals surface area (Å²) in [4.78, 5) is 26.2. The Bertz CT molecular complexity index is 1120. The highest BCUT2D eigenvalue weighted by atomic mass is 32.1. The quantitative estimate of drug-likeness (QED) is 0.609. The number of rotatable bonds is 5. The molecule has 0 radical (unpaired) electrons. The first-order chi connectivity index (χ1) is 14.5. The van der Waals surface area contributed by atoms with Crippen molar-refractivity contribution in [3.8, 4) is 11.4 Å². The van der Waals surface area contributed by atoms with E-state index in [0.29, 0.717) is 22.0 Å². The highest BCUT2D eigenvalue weighted by Gasteiger charge is 2.26. The van der Waals surface area contributed by atoms with E-state index >= 15 is 0 Å². The highest BCUT2D eigenvalue weighted by Crippen LogP contribution is 2.37. The van der Waals surface area contributed by atoms with E-state index in [9.17, 15) is 9.59 Å². The summed E-state index contributed by atoms with van der Waals surface area (Å²) in [5.74, 6) is -0.249. The molecule has 0 saturated heterocycles. The zero-order valence-corrected chi connectivity index (χ0v) is 17.7. The van der Waals surface area contributed by atoms with Gasteiger partial charge in [-0.05, 0) is 50.3 Å². The molecule has 0 atom stereocenters. The summed E-state index contributed by atoms with van der Waals surface area (Å²) in [6, 6.07) is 7.33. The number of fused-ring (bicyclic) bond motifs is 1. The molecule has 0 spiro atoms. The van der Waals surface area contributed by atoms with E-state index in [0.717, 1.165) is 48.2 Å². The van der Waals surface area contributed by atoms with Gasteiger partial charge >= 0.3 is 0 Å². The maximum atomic E-state index is 13.0. The number of hydrogen-bond donors (Lipinski definition) is 2. The second kappa shape index (κ2) is 8.27. The first-order valence-electron chi connectivity index (χ1n) is 9.82. The van der Waals surface area contributed by atoms with Crippen LogP contribution in [0.5, 0.6) is 5.75 Å². The zero-order chi connectivity index (χ0) is 21.3. The Balaban J connectivity index is 1.64. The number of hydrogen-bond acceptors (Lipinski definition) is 6. The van der Waals surface area contributed by atoms with Crippen LogP contribution in [0.2, 0.25) is 0 Å². The van der Waals surface area contributed by atoms with E-state index in [-0.39, 0.29) is 5.69 Å². The highest BCUT2D eigenvalue weighted by molar-refractivity contribution is 7.17.